The van der Waals surface area contributed by atoms with Gasteiger partial charge in [0.15, 0.2) is 0 Å². The van der Waals surface area contributed by atoms with Gasteiger partial charge in [0, 0.05) is 30.4 Å². The van der Waals surface area contributed by atoms with E-state index in [2.05, 4.69) is 22.0 Å². The zero-order chi connectivity index (χ0) is 43.4. The Morgan fingerprint density at radius 1 is 0.850 bits per heavy atom. The molecule has 0 saturated heterocycles. The minimum Gasteiger partial charge on any atom is -0.382 e. The molecule has 60 heavy (non-hydrogen) atoms. The molecule has 0 spiro atoms. The van der Waals surface area contributed by atoms with Crippen LogP contribution in [-0.2, 0) is 43.1 Å². The molecule has 1 aromatic heterocycles. The number of amides is 3. The highest BCUT2D eigenvalue weighted by molar-refractivity contribution is 6.31. The van der Waals surface area contributed by atoms with E-state index < -0.39 is 24.1 Å². The fourth-order valence-corrected chi connectivity index (χ4v) is 6.73. The molecular formula is C45H58ClN7O7. The Kier molecular flexibility index (Phi) is 19.7. The van der Waals surface area contributed by atoms with Crippen LogP contribution in [0.4, 0.5) is 0 Å². The number of benzene rings is 3. The molecule has 15 heteroatoms. The van der Waals surface area contributed by atoms with Gasteiger partial charge in [-0.2, -0.15) is 10.4 Å². The highest BCUT2D eigenvalue weighted by Crippen LogP contribution is 2.24. The van der Waals surface area contributed by atoms with Gasteiger partial charge >= 0.3 is 0 Å². The topological polar surface area (TPSA) is 203 Å². The summed E-state index contributed by atoms with van der Waals surface area (Å²) in [6.07, 6.45) is 0.821. The fraction of sp³-hybridized carbons (Fsp3) is 0.444. The van der Waals surface area contributed by atoms with Crippen LogP contribution in [0.1, 0.15) is 64.3 Å². The van der Waals surface area contributed by atoms with Crippen LogP contribution in [-0.4, -0.2) is 104 Å². The minimum absolute atomic E-state index is 0.122. The molecule has 0 fully saturated rings. The Labute approximate surface area is 357 Å². The smallest absolute Gasteiger partial charge is 0.251 e. The maximum absolute atomic E-state index is 12.9. The minimum atomic E-state index is -1.46. The van der Waals surface area contributed by atoms with Crippen LogP contribution in [0.15, 0.2) is 72.8 Å². The van der Waals surface area contributed by atoms with Crippen molar-refractivity contribution >= 4 is 29.3 Å². The van der Waals surface area contributed by atoms with E-state index in [-0.39, 0.29) is 30.9 Å². The van der Waals surface area contributed by atoms with Crippen molar-refractivity contribution in [1.29, 1.82) is 5.26 Å². The Morgan fingerprint density at radius 2 is 1.48 bits per heavy atom. The average Bonchev–Trinajstić information content (AvgIpc) is 3.52. The van der Waals surface area contributed by atoms with Crippen molar-refractivity contribution in [3.63, 3.8) is 0 Å². The van der Waals surface area contributed by atoms with Crippen LogP contribution < -0.4 is 21.7 Å². The molecule has 4 aromatic rings. The summed E-state index contributed by atoms with van der Waals surface area (Å²) in [4.78, 5) is 38.3. The largest absolute Gasteiger partial charge is 0.382 e. The molecule has 6 N–H and O–H groups in total. The van der Waals surface area contributed by atoms with E-state index in [0.717, 1.165) is 46.6 Å². The van der Waals surface area contributed by atoms with Crippen molar-refractivity contribution in [3.8, 4) is 11.8 Å². The van der Waals surface area contributed by atoms with E-state index in [0.29, 0.717) is 68.6 Å². The first kappa shape index (κ1) is 47.5. The van der Waals surface area contributed by atoms with Gasteiger partial charge in [-0.1, -0.05) is 67.9 Å². The molecule has 14 nitrogen and oxygen atoms in total. The lowest BCUT2D eigenvalue weighted by atomic mass is 10.00. The van der Waals surface area contributed by atoms with Crippen molar-refractivity contribution in [3.05, 3.63) is 117 Å². The number of nitrogens with two attached hydrogens (primary N) is 1. The number of hydrogen-bond donors (Lipinski definition) is 5. The summed E-state index contributed by atoms with van der Waals surface area (Å²) < 4.78 is 18.5. The monoisotopic (exact) mass is 843 g/mol. The molecular weight excluding hydrogens is 786 g/mol. The number of nitrogens with zero attached hydrogens (tertiary/aromatic N) is 3. The number of ether oxygens (including phenoxy) is 3. The Balaban J connectivity index is 1.03. The average molecular weight is 844 g/mol. The molecule has 0 radical (unpaired) electrons. The third-order valence-electron chi connectivity index (χ3n) is 9.79. The predicted octanol–water partition coefficient (Wildman–Crippen LogP) is 4.16. The number of aliphatic hydroxyl groups excluding tert-OH is 1. The van der Waals surface area contributed by atoms with Crippen molar-refractivity contribution in [2.75, 3.05) is 52.7 Å². The summed E-state index contributed by atoms with van der Waals surface area (Å²) in [5, 5.41) is 33.1. The van der Waals surface area contributed by atoms with Crippen LogP contribution in [0, 0.1) is 31.1 Å². The summed E-state index contributed by atoms with van der Waals surface area (Å²) in [6, 6.07) is 22.6. The van der Waals surface area contributed by atoms with Crippen molar-refractivity contribution in [1.82, 2.24) is 25.7 Å². The first-order valence-electron chi connectivity index (χ1n) is 20.3. The normalized spacial score (nSPS) is 12.7. The number of carbonyl (C=O) groups excluding carboxylic acids is 3. The van der Waals surface area contributed by atoms with Gasteiger partial charge in [-0.25, -0.2) is 4.68 Å². The zero-order valence-corrected chi connectivity index (χ0v) is 35.7. The number of nitriles is 1. The molecule has 4 rings (SSSR count). The van der Waals surface area contributed by atoms with E-state index in [4.69, 9.17) is 36.6 Å². The second-order valence-electron chi connectivity index (χ2n) is 14.9. The lowest BCUT2D eigenvalue weighted by Crippen LogP contribution is -2.54. The molecule has 0 saturated carbocycles. The Bertz CT molecular complexity index is 2020. The number of carbonyl (C=O) groups is 3. The molecule has 1 heterocycles. The number of aliphatic hydroxyl groups is 1. The summed E-state index contributed by atoms with van der Waals surface area (Å²) in [6.45, 7) is 10.5. The summed E-state index contributed by atoms with van der Waals surface area (Å²) in [5.41, 5.74) is 13.0. The highest BCUT2D eigenvalue weighted by atomic mass is 35.5. The van der Waals surface area contributed by atoms with Crippen LogP contribution in [0.3, 0.4) is 0 Å². The van der Waals surface area contributed by atoms with Gasteiger partial charge in [0.25, 0.3) is 11.8 Å². The van der Waals surface area contributed by atoms with E-state index in [1.807, 2.05) is 93.0 Å². The molecule has 0 aliphatic carbocycles. The van der Waals surface area contributed by atoms with Crippen LogP contribution in [0.5, 0.6) is 0 Å². The lowest BCUT2D eigenvalue weighted by Gasteiger charge is -2.24. The van der Waals surface area contributed by atoms with Gasteiger partial charge in [0.2, 0.25) is 5.91 Å². The van der Waals surface area contributed by atoms with Crippen molar-refractivity contribution in [2.45, 2.75) is 71.6 Å². The van der Waals surface area contributed by atoms with Crippen LogP contribution in [0.2, 0.25) is 5.02 Å². The van der Waals surface area contributed by atoms with E-state index >= 15 is 0 Å². The third kappa shape index (κ3) is 15.2. The summed E-state index contributed by atoms with van der Waals surface area (Å²) in [5.74, 6) is -1.10. The maximum atomic E-state index is 12.9. The molecule has 322 valence electrons. The molecule has 0 aliphatic heterocycles. The Morgan fingerprint density at radius 3 is 2.10 bits per heavy atom. The third-order valence-corrected chi connectivity index (χ3v) is 10.1. The first-order valence-corrected chi connectivity index (χ1v) is 20.7. The van der Waals surface area contributed by atoms with Gasteiger partial charge < -0.3 is 41.0 Å². The van der Waals surface area contributed by atoms with E-state index in [1.165, 1.54) is 0 Å². The predicted molar refractivity (Wildman–Crippen MR) is 230 cm³/mol. The van der Waals surface area contributed by atoms with Crippen LogP contribution in [0.25, 0.3) is 5.69 Å². The van der Waals surface area contributed by atoms with Gasteiger partial charge in [-0.3, -0.25) is 14.4 Å². The second kappa shape index (κ2) is 24.8. The van der Waals surface area contributed by atoms with Gasteiger partial charge in [-0.05, 0) is 92.5 Å². The van der Waals surface area contributed by atoms with E-state index in [9.17, 15) is 24.8 Å². The quantitative estimate of drug-likeness (QED) is 0.0604. The van der Waals surface area contributed by atoms with Crippen molar-refractivity contribution < 1.29 is 33.7 Å². The zero-order valence-electron chi connectivity index (χ0n) is 34.9. The second-order valence-corrected chi connectivity index (χ2v) is 15.3. The number of nitrogens with one attached hydrogen (secondary N) is 3. The molecule has 3 aromatic carbocycles. The SMILES string of the molecule is Cc1nn(-c2ccc(C#N)c(Cl)c2)c(C)c1CCc1ccc(C(=O)NCCOCCOCCOCCNC(=O)C(CC(C)C)NC(=O)C(O)C(N)Cc2ccccc2)cc1. The lowest BCUT2D eigenvalue weighted by molar-refractivity contribution is -0.135. The maximum Gasteiger partial charge on any atom is 0.251 e. The van der Waals surface area contributed by atoms with E-state index in [1.54, 1.807) is 12.1 Å². The molecule has 0 aliphatic rings. The molecule has 3 amide bonds. The number of hydrogen-bond acceptors (Lipinski definition) is 10. The van der Waals surface area contributed by atoms with Gasteiger partial charge in [0.1, 0.15) is 18.2 Å². The van der Waals surface area contributed by atoms with Crippen LogP contribution >= 0.6 is 11.6 Å². The number of halogens is 1. The summed E-state index contributed by atoms with van der Waals surface area (Å²) in [7, 11) is 0. The molecule has 3 atom stereocenters. The van der Waals surface area contributed by atoms with Gasteiger partial charge in [-0.15, -0.1) is 0 Å². The summed E-state index contributed by atoms with van der Waals surface area (Å²) >= 11 is 6.25. The fourth-order valence-electron chi connectivity index (χ4n) is 6.51. The van der Waals surface area contributed by atoms with Crippen molar-refractivity contribution in [2.24, 2.45) is 11.7 Å². The van der Waals surface area contributed by atoms with Gasteiger partial charge in [0.05, 0.1) is 61.6 Å². The number of rotatable bonds is 25. The molecule has 0 bridgehead atoms. The number of aromatic nitrogens is 2. The standard InChI is InChI=1S/C45H58ClN7O7/c1-30(2)26-41(51-45(57)42(54)40(48)27-34-8-6-5-7-9-34)44(56)50-19-21-59-23-25-60-24-22-58-20-18-49-43(55)35-13-10-33(11-14-35)12-17-38-31(3)52-53(32(38)4)37-16-15-36(29-47)39(46)28-37/h5-11,13-16,28,30,40-42,54H,12,17-27,48H2,1-4H3,(H,49,55)(H,50,56)(H,51,57). The first-order chi connectivity index (χ1) is 28.9. The Hall–Kier alpha value is -5.14. The molecule has 3 unspecified atom stereocenters. The number of aryl methyl sites for hydroxylation is 2. The highest BCUT2D eigenvalue weighted by Gasteiger charge is 2.28.